The molecule has 0 spiro atoms. The molecular weight excluding hydrogens is 420 g/mol. The van der Waals surface area contributed by atoms with Crippen LogP contribution in [0.3, 0.4) is 0 Å². The molecule has 2 aliphatic rings. The molecule has 0 aromatic heterocycles. The fourth-order valence-electron chi connectivity index (χ4n) is 4.70. The molecule has 32 heavy (non-hydrogen) atoms. The van der Waals surface area contributed by atoms with Crippen molar-refractivity contribution in [3.63, 3.8) is 0 Å². The van der Waals surface area contributed by atoms with E-state index < -0.39 is 0 Å². The number of ketones is 1. The first-order valence-electron chi connectivity index (χ1n) is 11.0. The summed E-state index contributed by atoms with van der Waals surface area (Å²) in [7, 11) is 0. The number of ether oxygens (including phenoxy) is 1. The van der Waals surface area contributed by atoms with E-state index in [-0.39, 0.29) is 17.7 Å². The highest BCUT2D eigenvalue weighted by Gasteiger charge is 2.37. The Kier molecular flexibility index (Phi) is 5.62. The maximum Gasteiger partial charge on any atom is 0.163 e. The number of hydrogen-bond acceptors (Lipinski definition) is 4. The Morgan fingerprint density at radius 1 is 0.938 bits per heavy atom. The molecule has 0 amide bonds. The Hall–Kier alpha value is -3.24. The van der Waals surface area contributed by atoms with E-state index >= 15 is 0 Å². The second-order valence-corrected chi connectivity index (χ2v) is 8.63. The number of anilines is 2. The van der Waals surface area contributed by atoms with Crippen LogP contribution in [0, 0.1) is 0 Å². The predicted molar refractivity (Wildman–Crippen MR) is 129 cm³/mol. The molecule has 162 valence electrons. The summed E-state index contributed by atoms with van der Waals surface area (Å²) in [5.41, 5.74) is 5.80. The molecule has 3 aromatic rings. The van der Waals surface area contributed by atoms with Crippen LogP contribution in [-0.2, 0) is 4.79 Å². The third-order valence-electron chi connectivity index (χ3n) is 6.18. The lowest BCUT2D eigenvalue weighted by atomic mass is 9.78. The number of para-hydroxylation sites is 3. The molecule has 2 atom stereocenters. The molecule has 1 aliphatic carbocycles. The molecule has 0 radical (unpaired) electrons. The van der Waals surface area contributed by atoms with Gasteiger partial charge in [-0.05, 0) is 55.2 Å². The minimum Gasteiger partial charge on any atom is -0.494 e. The van der Waals surface area contributed by atoms with E-state index in [4.69, 9.17) is 16.3 Å². The fraction of sp³-hybridized carbons (Fsp3) is 0.222. The molecule has 5 heteroatoms. The van der Waals surface area contributed by atoms with Gasteiger partial charge in [0.2, 0.25) is 0 Å². The van der Waals surface area contributed by atoms with Gasteiger partial charge in [-0.25, -0.2) is 0 Å². The number of rotatable bonds is 4. The Morgan fingerprint density at radius 3 is 2.44 bits per heavy atom. The second-order valence-electron chi connectivity index (χ2n) is 8.19. The zero-order valence-corrected chi connectivity index (χ0v) is 18.7. The number of Topliss-reactive ketones (excluding diaryl/α,β-unsaturated/α-hetero) is 1. The molecule has 0 fully saturated rings. The van der Waals surface area contributed by atoms with E-state index in [1.54, 1.807) is 0 Å². The summed E-state index contributed by atoms with van der Waals surface area (Å²) < 4.78 is 5.93. The molecule has 5 rings (SSSR count). The normalized spacial score (nSPS) is 19.9. The molecule has 1 aliphatic heterocycles. The highest BCUT2D eigenvalue weighted by Crippen LogP contribution is 2.45. The number of carbonyl (C=O) groups excluding carboxylic acids is 1. The van der Waals surface area contributed by atoms with E-state index in [1.165, 1.54) is 0 Å². The highest BCUT2D eigenvalue weighted by atomic mass is 35.5. The first kappa shape index (κ1) is 20.7. The minimum absolute atomic E-state index is 0.110. The quantitative estimate of drug-likeness (QED) is 0.469. The van der Waals surface area contributed by atoms with Gasteiger partial charge in [-0.2, -0.15) is 0 Å². The van der Waals surface area contributed by atoms with E-state index in [2.05, 4.69) is 10.6 Å². The standard InChI is InChI=1S/C27H25ClN2O2/c1-2-32-25-10-6-3-7-20(25)27-26-23(29-21-8-4-5-9-22(21)30-27)15-18(16-24(26)31)17-11-13-19(28)14-12-17/h3-14,18,27,29-30H,2,15-16H2,1H3/t18-,27-/m1/s1. The van der Waals surface area contributed by atoms with E-state index in [0.29, 0.717) is 18.1 Å². The van der Waals surface area contributed by atoms with E-state index in [0.717, 1.165) is 45.9 Å². The zero-order valence-electron chi connectivity index (χ0n) is 17.9. The molecule has 0 bridgehead atoms. The number of hydrogen-bond donors (Lipinski definition) is 2. The van der Waals surface area contributed by atoms with Gasteiger partial charge >= 0.3 is 0 Å². The van der Waals surface area contributed by atoms with Crippen molar-refractivity contribution < 1.29 is 9.53 Å². The smallest absolute Gasteiger partial charge is 0.163 e. The summed E-state index contributed by atoms with van der Waals surface area (Å²) in [4.78, 5) is 13.6. The average molecular weight is 445 g/mol. The fourth-order valence-corrected chi connectivity index (χ4v) is 4.83. The number of allylic oxidation sites excluding steroid dienone is 1. The van der Waals surface area contributed by atoms with Crippen molar-refractivity contribution in [2.24, 2.45) is 0 Å². The topological polar surface area (TPSA) is 50.4 Å². The van der Waals surface area contributed by atoms with Gasteiger partial charge in [0.25, 0.3) is 0 Å². The van der Waals surface area contributed by atoms with Crippen molar-refractivity contribution in [1.82, 2.24) is 0 Å². The second kappa shape index (κ2) is 8.71. The lowest BCUT2D eigenvalue weighted by Gasteiger charge is -2.30. The van der Waals surface area contributed by atoms with Crippen LogP contribution in [0.15, 0.2) is 84.1 Å². The third kappa shape index (κ3) is 3.87. The molecule has 0 saturated carbocycles. The molecule has 0 saturated heterocycles. The molecule has 4 nitrogen and oxygen atoms in total. The van der Waals surface area contributed by atoms with Gasteiger partial charge in [-0.15, -0.1) is 0 Å². The highest BCUT2D eigenvalue weighted by molar-refractivity contribution is 6.30. The van der Waals surface area contributed by atoms with Gasteiger partial charge in [-0.1, -0.05) is 54.1 Å². The van der Waals surface area contributed by atoms with Gasteiger partial charge < -0.3 is 15.4 Å². The number of benzene rings is 3. The Bertz CT molecular complexity index is 1190. The summed E-state index contributed by atoms with van der Waals surface area (Å²) in [6.45, 7) is 2.54. The SMILES string of the molecule is CCOc1ccccc1[C@H]1Nc2ccccc2NC2=C1C(=O)C[C@H](c1ccc(Cl)cc1)C2. The largest absolute Gasteiger partial charge is 0.494 e. The first-order chi connectivity index (χ1) is 15.6. The Balaban J connectivity index is 1.62. The molecule has 1 heterocycles. The van der Waals surface area contributed by atoms with Gasteiger partial charge in [-0.3, -0.25) is 4.79 Å². The van der Waals surface area contributed by atoms with Crippen LogP contribution in [0.2, 0.25) is 5.02 Å². The molecule has 0 unspecified atom stereocenters. The summed E-state index contributed by atoms with van der Waals surface area (Å²) in [5.74, 6) is 1.06. The van der Waals surface area contributed by atoms with E-state index in [9.17, 15) is 4.79 Å². The van der Waals surface area contributed by atoms with Crippen molar-refractivity contribution in [2.45, 2.75) is 31.7 Å². The maximum absolute atomic E-state index is 13.6. The van der Waals surface area contributed by atoms with Crippen LogP contribution in [0.25, 0.3) is 0 Å². The zero-order chi connectivity index (χ0) is 22.1. The molecular formula is C27H25ClN2O2. The van der Waals surface area contributed by atoms with Gasteiger partial charge in [0.15, 0.2) is 5.78 Å². The summed E-state index contributed by atoms with van der Waals surface area (Å²) >= 11 is 6.09. The predicted octanol–water partition coefficient (Wildman–Crippen LogP) is 6.72. The first-order valence-corrected chi connectivity index (χ1v) is 11.4. The maximum atomic E-state index is 13.6. The van der Waals surface area contributed by atoms with Crippen molar-refractivity contribution in [2.75, 3.05) is 17.2 Å². The average Bonchev–Trinajstić information content (AvgIpc) is 2.97. The minimum atomic E-state index is -0.289. The Labute approximate surface area is 193 Å². The van der Waals surface area contributed by atoms with Crippen LogP contribution in [0.4, 0.5) is 11.4 Å². The van der Waals surface area contributed by atoms with Crippen LogP contribution in [0.5, 0.6) is 5.75 Å². The number of fused-ring (bicyclic) bond motifs is 1. The molecule has 3 aromatic carbocycles. The van der Waals surface area contributed by atoms with Crippen molar-refractivity contribution in [1.29, 1.82) is 0 Å². The summed E-state index contributed by atoms with van der Waals surface area (Å²) in [5, 5.41) is 7.91. The van der Waals surface area contributed by atoms with Crippen molar-refractivity contribution >= 4 is 28.8 Å². The number of halogens is 1. The van der Waals surface area contributed by atoms with Crippen LogP contribution >= 0.6 is 11.6 Å². The number of nitrogens with one attached hydrogen (secondary N) is 2. The summed E-state index contributed by atoms with van der Waals surface area (Å²) in [6.07, 6.45) is 1.22. The molecule has 2 N–H and O–H groups in total. The van der Waals surface area contributed by atoms with Gasteiger partial charge in [0, 0.05) is 28.3 Å². The van der Waals surface area contributed by atoms with Crippen molar-refractivity contribution in [3.8, 4) is 5.75 Å². The summed E-state index contributed by atoms with van der Waals surface area (Å²) in [6, 6.07) is 23.6. The lowest BCUT2D eigenvalue weighted by molar-refractivity contribution is -0.116. The van der Waals surface area contributed by atoms with E-state index in [1.807, 2.05) is 79.7 Å². The van der Waals surface area contributed by atoms with Gasteiger partial charge in [0.05, 0.1) is 24.0 Å². The monoisotopic (exact) mass is 444 g/mol. The Morgan fingerprint density at radius 2 is 1.66 bits per heavy atom. The van der Waals surface area contributed by atoms with Crippen LogP contribution in [0.1, 0.15) is 42.9 Å². The van der Waals surface area contributed by atoms with Crippen LogP contribution < -0.4 is 15.4 Å². The van der Waals surface area contributed by atoms with Crippen LogP contribution in [-0.4, -0.2) is 12.4 Å². The third-order valence-corrected chi connectivity index (χ3v) is 6.43. The van der Waals surface area contributed by atoms with Crippen molar-refractivity contribution in [3.05, 3.63) is 100 Å². The lowest BCUT2D eigenvalue weighted by Crippen LogP contribution is -2.27. The number of carbonyl (C=O) groups is 1. The van der Waals surface area contributed by atoms with Gasteiger partial charge in [0.1, 0.15) is 5.75 Å².